The Morgan fingerprint density at radius 2 is 1.88 bits per heavy atom. The second-order valence-corrected chi connectivity index (χ2v) is 9.94. The molecule has 0 radical (unpaired) electrons. The highest BCUT2D eigenvalue weighted by atomic mass is 32.2. The maximum atomic E-state index is 12.7. The van der Waals surface area contributed by atoms with Gasteiger partial charge >= 0.3 is 10.1 Å². The molecule has 1 aliphatic carbocycles. The van der Waals surface area contributed by atoms with Crippen molar-refractivity contribution in [2.24, 2.45) is 11.7 Å². The molecule has 2 aromatic rings. The van der Waals surface area contributed by atoms with Gasteiger partial charge in [-0.25, -0.2) is 4.98 Å². The van der Waals surface area contributed by atoms with E-state index in [1.165, 1.54) is 24.4 Å². The van der Waals surface area contributed by atoms with E-state index in [0.29, 0.717) is 5.69 Å². The summed E-state index contributed by atoms with van der Waals surface area (Å²) < 4.78 is 28.2. The molecule has 33 heavy (non-hydrogen) atoms. The minimum Gasteiger partial charge on any atom is -0.382 e. The second-order valence-electron chi connectivity index (χ2n) is 8.37. The molecule has 0 bridgehead atoms. The Morgan fingerprint density at radius 3 is 2.45 bits per heavy atom. The first kappa shape index (κ1) is 24.2. The van der Waals surface area contributed by atoms with Crippen molar-refractivity contribution < 1.29 is 22.2 Å². The Bertz CT molecular complexity index is 1160. The smallest absolute Gasteiger partial charge is 0.306 e. The maximum Gasteiger partial charge on any atom is 0.306 e. The molecule has 1 heterocycles. The molecule has 178 valence electrons. The molecular weight excluding hydrogens is 448 g/mol. The average molecular weight is 477 g/mol. The zero-order valence-corrected chi connectivity index (χ0v) is 19.7. The first-order valence-electron chi connectivity index (χ1n) is 10.5. The van der Waals surface area contributed by atoms with Gasteiger partial charge in [-0.3, -0.25) is 9.59 Å². The van der Waals surface area contributed by atoms with Crippen LogP contribution in [0.15, 0.2) is 24.4 Å². The predicted octanol–water partition coefficient (Wildman–Crippen LogP) is 2.01. The van der Waals surface area contributed by atoms with Gasteiger partial charge in [0.25, 0.3) is 11.8 Å². The number of primary amides is 1. The SMILES string of the molecule is CC(C)C(C)Nc1nc(Nc2ccc(OS(C)(=O)=O)c(C(=O)NC3CC3)c2)ncc1C(N)=O. The lowest BCUT2D eigenvalue weighted by Crippen LogP contribution is -2.26. The standard InChI is InChI=1S/C21H28N6O5S/c1-11(2)12(3)24-19-16(18(22)28)10-23-21(27-19)26-14-7-8-17(32-33(4,30)31)15(9-14)20(29)25-13-5-6-13/h7-13H,5-6H2,1-4H3,(H2,22,28)(H,25,29)(H2,23,24,26,27). The average Bonchev–Trinajstić information content (AvgIpc) is 3.51. The number of hydrogen-bond acceptors (Lipinski definition) is 9. The first-order valence-corrected chi connectivity index (χ1v) is 12.3. The molecule has 11 nitrogen and oxygen atoms in total. The summed E-state index contributed by atoms with van der Waals surface area (Å²) in [4.78, 5) is 32.9. The summed E-state index contributed by atoms with van der Waals surface area (Å²) in [6.07, 6.45) is 3.96. The molecule has 1 aliphatic rings. The van der Waals surface area contributed by atoms with Crippen molar-refractivity contribution in [1.29, 1.82) is 0 Å². The third-order valence-electron chi connectivity index (χ3n) is 5.05. The zero-order valence-electron chi connectivity index (χ0n) is 18.9. The van der Waals surface area contributed by atoms with Crippen LogP contribution in [0.25, 0.3) is 0 Å². The van der Waals surface area contributed by atoms with E-state index < -0.39 is 21.9 Å². The number of carbonyl (C=O) groups is 2. The maximum absolute atomic E-state index is 12.7. The van der Waals surface area contributed by atoms with E-state index in [1.54, 1.807) is 0 Å². The predicted molar refractivity (Wildman–Crippen MR) is 124 cm³/mol. The van der Waals surface area contributed by atoms with Crippen molar-refractivity contribution in [1.82, 2.24) is 15.3 Å². The minimum atomic E-state index is -3.83. The van der Waals surface area contributed by atoms with Gasteiger partial charge in [-0.05, 0) is 43.9 Å². The number of nitrogens with zero attached hydrogens (tertiary/aromatic N) is 2. The van der Waals surface area contributed by atoms with Gasteiger partial charge in [0, 0.05) is 24.0 Å². The van der Waals surface area contributed by atoms with E-state index in [-0.39, 0.29) is 46.6 Å². The fourth-order valence-electron chi connectivity index (χ4n) is 2.76. The van der Waals surface area contributed by atoms with Crippen LogP contribution in [0.3, 0.4) is 0 Å². The Kier molecular flexibility index (Phi) is 7.06. The van der Waals surface area contributed by atoms with Gasteiger partial charge in [-0.2, -0.15) is 13.4 Å². The summed E-state index contributed by atoms with van der Waals surface area (Å²) in [6, 6.07) is 4.44. The third-order valence-corrected chi connectivity index (χ3v) is 5.53. The molecule has 3 rings (SSSR count). The van der Waals surface area contributed by atoms with Crippen LogP contribution in [-0.2, 0) is 10.1 Å². The molecule has 0 spiro atoms. The van der Waals surface area contributed by atoms with Crippen molar-refractivity contribution >= 4 is 39.4 Å². The van der Waals surface area contributed by atoms with E-state index in [4.69, 9.17) is 9.92 Å². The van der Waals surface area contributed by atoms with Crippen LogP contribution in [0.2, 0.25) is 0 Å². The molecule has 0 saturated heterocycles. The Hall–Kier alpha value is -3.41. The molecule has 1 aromatic heterocycles. The lowest BCUT2D eigenvalue weighted by molar-refractivity contribution is 0.0948. The second kappa shape index (κ2) is 9.61. The molecule has 5 N–H and O–H groups in total. The summed E-state index contributed by atoms with van der Waals surface area (Å²) in [6.45, 7) is 6.00. The van der Waals surface area contributed by atoms with Crippen molar-refractivity contribution in [3.05, 3.63) is 35.5 Å². The zero-order chi connectivity index (χ0) is 24.3. The molecule has 1 fully saturated rings. The summed E-state index contributed by atoms with van der Waals surface area (Å²) in [7, 11) is -3.83. The van der Waals surface area contributed by atoms with Crippen LogP contribution in [0.5, 0.6) is 5.75 Å². The number of anilines is 3. The largest absolute Gasteiger partial charge is 0.382 e. The van der Waals surface area contributed by atoms with E-state index in [1.807, 2.05) is 20.8 Å². The lowest BCUT2D eigenvalue weighted by atomic mass is 10.1. The summed E-state index contributed by atoms with van der Waals surface area (Å²) >= 11 is 0. The Morgan fingerprint density at radius 1 is 1.18 bits per heavy atom. The van der Waals surface area contributed by atoms with E-state index in [0.717, 1.165) is 19.1 Å². The van der Waals surface area contributed by atoms with E-state index in [9.17, 15) is 18.0 Å². The van der Waals surface area contributed by atoms with Gasteiger partial charge in [0.2, 0.25) is 5.95 Å². The molecule has 2 amide bonds. The quantitative estimate of drug-likeness (QED) is 0.375. The first-order chi connectivity index (χ1) is 15.4. The molecule has 0 aliphatic heterocycles. The minimum absolute atomic E-state index is 0.0102. The van der Waals surface area contributed by atoms with E-state index in [2.05, 4.69) is 25.9 Å². The van der Waals surface area contributed by atoms with Crippen LogP contribution < -0.4 is 25.9 Å². The van der Waals surface area contributed by atoms with Gasteiger partial charge in [0.05, 0.1) is 17.4 Å². The van der Waals surface area contributed by atoms with E-state index >= 15 is 0 Å². The van der Waals surface area contributed by atoms with Crippen LogP contribution in [0.4, 0.5) is 17.5 Å². The van der Waals surface area contributed by atoms with Gasteiger partial charge in [0.1, 0.15) is 5.82 Å². The van der Waals surface area contributed by atoms with Gasteiger partial charge < -0.3 is 25.9 Å². The number of nitrogens with one attached hydrogen (secondary N) is 3. The monoisotopic (exact) mass is 476 g/mol. The van der Waals surface area contributed by atoms with Crippen LogP contribution in [0.1, 0.15) is 54.3 Å². The molecule has 12 heteroatoms. The molecular formula is C21H28N6O5S. The number of carbonyl (C=O) groups excluding carboxylic acids is 2. The number of amides is 2. The van der Waals surface area contributed by atoms with Gasteiger partial charge in [-0.15, -0.1) is 0 Å². The Balaban J connectivity index is 1.91. The van der Waals surface area contributed by atoms with Gasteiger partial charge in [0.15, 0.2) is 5.75 Å². The van der Waals surface area contributed by atoms with Crippen molar-refractivity contribution in [2.45, 2.75) is 45.7 Å². The highest BCUT2D eigenvalue weighted by molar-refractivity contribution is 7.86. The number of benzene rings is 1. The van der Waals surface area contributed by atoms with Gasteiger partial charge in [-0.1, -0.05) is 13.8 Å². The van der Waals surface area contributed by atoms with Crippen molar-refractivity contribution in [3.63, 3.8) is 0 Å². The summed E-state index contributed by atoms with van der Waals surface area (Å²) in [5, 5.41) is 8.95. The topological polar surface area (TPSA) is 165 Å². The number of hydrogen-bond donors (Lipinski definition) is 4. The fraction of sp³-hybridized carbons (Fsp3) is 0.429. The number of rotatable bonds is 10. The molecule has 1 atom stereocenters. The lowest BCUT2D eigenvalue weighted by Gasteiger charge is -2.20. The molecule has 1 aromatic carbocycles. The highest BCUT2D eigenvalue weighted by Gasteiger charge is 2.26. The Labute approximate surface area is 192 Å². The summed E-state index contributed by atoms with van der Waals surface area (Å²) in [5.74, 6) is -0.487. The van der Waals surface area contributed by atoms with Crippen LogP contribution >= 0.6 is 0 Å². The fourth-order valence-corrected chi connectivity index (χ4v) is 3.23. The summed E-state index contributed by atoms with van der Waals surface area (Å²) in [5.41, 5.74) is 6.07. The normalized spacial score (nSPS) is 14.5. The van der Waals surface area contributed by atoms with Crippen LogP contribution in [-0.4, -0.2) is 48.5 Å². The highest BCUT2D eigenvalue weighted by Crippen LogP contribution is 2.28. The molecule has 1 unspecified atom stereocenters. The number of nitrogens with two attached hydrogens (primary N) is 1. The van der Waals surface area contributed by atoms with Crippen molar-refractivity contribution in [2.75, 3.05) is 16.9 Å². The third kappa shape index (κ3) is 6.78. The number of aromatic nitrogens is 2. The van der Waals surface area contributed by atoms with Crippen LogP contribution in [0, 0.1) is 5.92 Å². The van der Waals surface area contributed by atoms with Crippen molar-refractivity contribution in [3.8, 4) is 5.75 Å². The molecule has 1 saturated carbocycles.